The molecule has 8 heteroatoms. The zero-order chi connectivity index (χ0) is 28.2. The van der Waals surface area contributed by atoms with Gasteiger partial charge in [0, 0.05) is 26.4 Å². The van der Waals surface area contributed by atoms with Crippen molar-refractivity contribution in [2.45, 2.75) is 0 Å². The monoisotopic (exact) mass is 620 g/mol. The maximum absolute atomic E-state index is 12.3. The van der Waals surface area contributed by atoms with Crippen LogP contribution in [0.15, 0.2) is 119 Å². The van der Waals surface area contributed by atoms with Crippen LogP contribution in [0.3, 0.4) is 0 Å². The Kier molecular flexibility index (Phi) is 7.71. The van der Waals surface area contributed by atoms with Crippen LogP contribution in [0.5, 0.6) is 5.75 Å². The van der Waals surface area contributed by atoms with E-state index in [1.165, 1.54) is 6.21 Å². The average Bonchev–Trinajstić information content (AvgIpc) is 3.00. The molecular weight excluding hydrogens is 600 g/mol. The third kappa shape index (κ3) is 6.11. The van der Waals surface area contributed by atoms with Gasteiger partial charge in [-0.3, -0.25) is 4.79 Å². The first-order valence-corrected chi connectivity index (χ1v) is 14.0. The van der Waals surface area contributed by atoms with E-state index in [9.17, 15) is 4.79 Å². The number of nitrogens with zero attached hydrogens (tertiary/aromatic N) is 3. The lowest BCUT2D eigenvalue weighted by Gasteiger charge is -2.11. The Morgan fingerprint density at radius 3 is 2.46 bits per heavy atom. The van der Waals surface area contributed by atoms with E-state index in [0.717, 1.165) is 48.7 Å². The lowest BCUT2D eigenvalue weighted by atomic mass is 9.98. The van der Waals surface area contributed by atoms with E-state index in [1.807, 2.05) is 84.9 Å². The fourth-order valence-electron chi connectivity index (χ4n) is 4.48. The average molecular weight is 622 g/mol. The summed E-state index contributed by atoms with van der Waals surface area (Å²) in [7, 11) is 0. The van der Waals surface area contributed by atoms with Crippen LogP contribution in [-0.4, -0.2) is 28.7 Å². The summed E-state index contributed by atoms with van der Waals surface area (Å²) in [4.78, 5) is 21.6. The summed E-state index contributed by atoms with van der Waals surface area (Å²) in [5.74, 6) is 0.160. The summed E-state index contributed by atoms with van der Waals surface area (Å²) < 4.78 is 6.67. The SMILES string of the molecule is O=C(COc1ccc(-c2cc(-c3ccccc3)c3cc(Br)ccc3n2)cc1)N/N=C/c1cc2ccccc2nc1Cl. The Balaban J connectivity index is 1.13. The van der Waals surface area contributed by atoms with Crippen molar-refractivity contribution in [3.63, 3.8) is 0 Å². The minimum absolute atomic E-state index is 0.193. The van der Waals surface area contributed by atoms with E-state index < -0.39 is 5.91 Å². The Morgan fingerprint density at radius 1 is 0.854 bits per heavy atom. The molecule has 1 N–H and O–H groups in total. The lowest BCUT2D eigenvalue weighted by molar-refractivity contribution is -0.123. The van der Waals surface area contributed by atoms with Gasteiger partial charge in [0.05, 0.1) is 22.9 Å². The zero-order valence-corrected chi connectivity index (χ0v) is 23.9. The molecule has 6 aromatic rings. The van der Waals surface area contributed by atoms with Crippen LogP contribution in [0, 0.1) is 0 Å². The van der Waals surface area contributed by atoms with E-state index in [-0.39, 0.29) is 6.61 Å². The highest BCUT2D eigenvalue weighted by Gasteiger charge is 2.11. The minimum Gasteiger partial charge on any atom is -0.484 e. The fraction of sp³-hybridized carbons (Fsp3) is 0.0303. The minimum atomic E-state index is -0.398. The van der Waals surface area contributed by atoms with Crippen molar-refractivity contribution in [1.82, 2.24) is 15.4 Å². The van der Waals surface area contributed by atoms with E-state index in [2.05, 4.69) is 55.7 Å². The number of carbonyl (C=O) groups is 1. The number of benzene rings is 4. The number of fused-ring (bicyclic) bond motifs is 2. The maximum atomic E-state index is 12.3. The van der Waals surface area contributed by atoms with Gasteiger partial charge in [0.2, 0.25) is 0 Å². The van der Waals surface area contributed by atoms with Gasteiger partial charge in [-0.05, 0) is 71.8 Å². The standard InChI is InChI=1S/C33H22BrClN4O2/c34-25-12-15-30-28(17-25)27(21-6-2-1-3-7-21)18-31(37-30)22-10-13-26(14-11-22)41-20-32(40)39-36-19-24-16-23-8-4-5-9-29(23)38-33(24)35/h1-19H,20H2,(H,39,40)/b36-19+. The van der Waals surface area contributed by atoms with E-state index in [1.54, 1.807) is 0 Å². The third-order valence-corrected chi connectivity index (χ3v) is 7.27. The van der Waals surface area contributed by atoms with Gasteiger partial charge in [-0.15, -0.1) is 0 Å². The summed E-state index contributed by atoms with van der Waals surface area (Å²) in [5.41, 5.74) is 8.77. The first-order valence-electron chi connectivity index (χ1n) is 12.8. The van der Waals surface area contributed by atoms with Gasteiger partial charge >= 0.3 is 0 Å². The molecule has 6 nitrogen and oxygen atoms in total. The molecule has 0 fully saturated rings. The number of halogens is 2. The topological polar surface area (TPSA) is 76.5 Å². The summed E-state index contributed by atoms with van der Waals surface area (Å²) in [5, 5.41) is 6.31. The predicted molar refractivity (Wildman–Crippen MR) is 168 cm³/mol. The zero-order valence-electron chi connectivity index (χ0n) is 21.6. The van der Waals surface area contributed by atoms with Crippen LogP contribution >= 0.6 is 27.5 Å². The first kappa shape index (κ1) is 26.6. The molecule has 0 unspecified atom stereocenters. The number of aromatic nitrogens is 2. The summed E-state index contributed by atoms with van der Waals surface area (Å²) >= 11 is 9.83. The number of nitrogens with one attached hydrogen (secondary N) is 1. The van der Waals surface area contributed by atoms with Gasteiger partial charge in [-0.1, -0.05) is 76.1 Å². The highest BCUT2D eigenvalue weighted by atomic mass is 79.9. The van der Waals surface area contributed by atoms with Gasteiger partial charge in [-0.2, -0.15) is 5.10 Å². The van der Waals surface area contributed by atoms with Gasteiger partial charge < -0.3 is 4.74 Å². The van der Waals surface area contributed by atoms with Gasteiger partial charge in [0.1, 0.15) is 10.9 Å². The maximum Gasteiger partial charge on any atom is 0.277 e. The van der Waals surface area contributed by atoms with E-state index >= 15 is 0 Å². The molecule has 6 rings (SSSR count). The largest absolute Gasteiger partial charge is 0.484 e. The van der Waals surface area contributed by atoms with Crippen LogP contribution < -0.4 is 10.2 Å². The Hall–Kier alpha value is -4.59. The molecule has 4 aromatic carbocycles. The molecular formula is C33H22BrClN4O2. The van der Waals surface area contributed by atoms with Crippen molar-refractivity contribution < 1.29 is 9.53 Å². The molecule has 1 amide bonds. The molecule has 0 spiro atoms. The summed E-state index contributed by atoms with van der Waals surface area (Å²) in [6, 6.07) is 35.5. The second-order valence-electron chi connectivity index (χ2n) is 9.25. The molecule has 0 aliphatic rings. The highest BCUT2D eigenvalue weighted by Crippen LogP contribution is 2.34. The molecule has 41 heavy (non-hydrogen) atoms. The predicted octanol–water partition coefficient (Wildman–Crippen LogP) is 8.06. The van der Waals surface area contributed by atoms with Crippen molar-refractivity contribution in [2.75, 3.05) is 6.61 Å². The van der Waals surface area contributed by atoms with Crippen LogP contribution in [0.25, 0.3) is 44.2 Å². The van der Waals surface area contributed by atoms with Crippen molar-refractivity contribution in [3.8, 4) is 28.1 Å². The molecule has 2 heterocycles. The van der Waals surface area contributed by atoms with Gasteiger partial charge in [0.15, 0.2) is 6.61 Å². The number of pyridine rings is 2. The number of hydrogen-bond acceptors (Lipinski definition) is 5. The van der Waals surface area contributed by atoms with Crippen molar-refractivity contribution in [3.05, 3.63) is 124 Å². The molecule has 0 radical (unpaired) electrons. The second-order valence-corrected chi connectivity index (χ2v) is 10.5. The number of para-hydroxylation sites is 1. The van der Waals surface area contributed by atoms with Crippen LogP contribution in [0.1, 0.15) is 5.56 Å². The summed E-state index contributed by atoms with van der Waals surface area (Å²) in [6.07, 6.45) is 1.47. The molecule has 0 bridgehead atoms. The normalized spacial score (nSPS) is 11.3. The third-order valence-electron chi connectivity index (χ3n) is 6.47. The quantitative estimate of drug-likeness (QED) is 0.111. The molecule has 0 atom stereocenters. The molecule has 0 saturated heterocycles. The van der Waals surface area contributed by atoms with E-state index in [4.69, 9.17) is 21.3 Å². The first-order chi connectivity index (χ1) is 20.0. The number of ether oxygens (including phenoxy) is 1. The number of hydrazone groups is 1. The van der Waals surface area contributed by atoms with Crippen LogP contribution in [0.4, 0.5) is 0 Å². The number of hydrogen-bond donors (Lipinski definition) is 1. The molecule has 0 aliphatic heterocycles. The van der Waals surface area contributed by atoms with Crippen LogP contribution in [0.2, 0.25) is 5.15 Å². The van der Waals surface area contributed by atoms with Gasteiger partial charge in [-0.25, -0.2) is 15.4 Å². The number of rotatable bonds is 7. The molecule has 0 aliphatic carbocycles. The lowest BCUT2D eigenvalue weighted by Crippen LogP contribution is -2.24. The second kappa shape index (κ2) is 11.9. The van der Waals surface area contributed by atoms with Crippen LogP contribution in [-0.2, 0) is 4.79 Å². The van der Waals surface area contributed by atoms with Gasteiger partial charge in [0.25, 0.3) is 5.91 Å². The Morgan fingerprint density at radius 2 is 1.63 bits per heavy atom. The Labute approximate surface area is 249 Å². The van der Waals surface area contributed by atoms with Crippen molar-refractivity contribution >= 4 is 61.5 Å². The van der Waals surface area contributed by atoms with Crippen molar-refractivity contribution in [1.29, 1.82) is 0 Å². The molecule has 0 saturated carbocycles. The number of carbonyl (C=O) groups excluding carboxylic acids is 1. The summed E-state index contributed by atoms with van der Waals surface area (Å²) in [6.45, 7) is -0.193. The molecule has 2 aromatic heterocycles. The van der Waals surface area contributed by atoms with Crippen molar-refractivity contribution in [2.24, 2.45) is 5.10 Å². The number of amides is 1. The Bertz CT molecular complexity index is 1910. The smallest absolute Gasteiger partial charge is 0.277 e. The van der Waals surface area contributed by atoms with E-state index in [0.29, 0.717) is 16.5 Å². The molecule has 200 valence electrons. The fourth-order valence-corrected chi connectivity index (χ4v) is 5.03. The highest BCUT2D eigenvalue weighted by molar-refractivity contribution is 9.10.